The first-order valence-electron chi connectivity index (χ1n) is 4.50. The maximum Gasteiger partial charge on any atom is 0.246 e. The third-order valence-corrected chi connectivity index (χ3v) is 2.95. The van der Waals surface area contributed by atoms with Gasteiger partial charge in [0.15, 0.2) is 0 Å². The molecule has 1 fully saturated rings. The van der Waals surface area contributed by atoms with Crippen LogP contribution in [0.3, 0.4) is 0 Å². The summed E-state index contributed by atoms with van der Waals surface area (Å²) in [6, 6.07) is 5.32. The van der Waals surface area contributed by atoms with E-state index in [0.717, 1.165) is 5.56 Å². The zero-order valence-corrected chi connectivity index (χ0v) is 10.5. The number of morpholine rings is 1. The molecule has 1 heterocycles. The Morgan fingerprint density at radius 2 is 2.06 bits per heavy atom. The van der Waals surface area contributed by atoms with Gasteiger partial charge in [-0.05, 0) is 17.7 Å². The van der Waals surface area contributed by atoms with E-state index in [-0.39, 0.29) is 31.0 Å². The molecule has 88 valence electrons. The summed E-state index contributed by atoms with van der Waals surface area (Å²) in [7, 11) is 0. The zero-order chi connectivity index (χ0) is 10.8. The highest BCUT2D eigenvalue weighted by atomic mass is 35.5. The second kappa shape index (κ2) is 5.73. The number of nitrogens with one attached hydrogen (secondary N) is 1. The summed E-state index contributed by atoms with van der Waals surface area (Å²) in [6.45, 7) is 0.557. The van der Waals surface area contributed by atoms with Crippen molar-refractivity contribution in [3.05, 3.63) is 33.8 Å². The number of hydrogen-bond acceptors (Lipinski definition) is 2. The van der Waals surface area contributed by atoms with Gasteiger partial charge in [-0.25, -0.2) is 0 Å². The van der Waals surface area contributed by atoms with Crippen molar-refractivity contribution in [1.82, 2.24) is 5.32 Å². The van der Waals surface area contributed by atoms with Crippen LogP contribution in [0.25, 0.3) is 0 Å². The maximum absolute atomic E-state index is 10.9. The summed E-state index contributed by atoms with van der Waals surface area (Å²) in [5.74, 6) is -0.0914. The van der Waals surface area contributed by atoms with Crippen molar-refractivity contribution in [1.29, 1.82) is 0 Å². The van der Waals surface area contributed by atoms with E-state index in [2.05, 4.69) is 5.32 Å². The van der Waals surface area contributed by atoms with Crippen LogP contribution in [-0.4, -0.2) is 19.1 Å². The van der Waals surface area contributed by atoms with E-state index < -0.39 is 0 Å². The summed E-state index contributed by atoms with van der Waals surface area (Å²) < 4.78 is 5.36. The Morgan fingerprint density at radius 3 is 2.62 bits per heavy atom. The van der Waals surface area contributed by atoms with Gasteiger partial charge in [0.05, 0.1) is 10.0 Å². The fraction of sp³-hybridized carbons (Fsp3) is 0.300. The van der Waals surface area contributed by atoms with E-state index in [9.17, 15) is 4.79 Å². The predicted molar refractivity (Wildman–Crippen MR) is 65.4 cm³/mol. The van der Waals surface area contributed by atoms with Gasteiger partial charge in [-0.3, -0.25) is 4.79 Å². The molecule has 6 heteroatoms. The van der Waals surface area contributed by atoms with Gasteiger partial charge in [0.2, 0.25) is 5.91 Å². The molecule has 1 unspecified atom stereocenters. The normalized spacial score (nSPS) is 19.9. The molecule has 0 aliphatic carbocycles. The molecule has 1 aliphatic rings. The number of ether oxygens (including phenoxy) is 1. The summed E-state index contributed by atoms with van der Waals surface area (Å²) in [5, 5.41) is 3.73. The first-order valence-corrected chi connectivity index (χ1v) is 5.25. The van der Waals surface area contributed by atoms with Gasteiger partial charge in [-0.15, -0.1) is 12.4 Å². The van der Waals surface area contributed by atoms with Crippen LogP contribution in [0.4, 0.5) is 0 Å². The molecule has 2 rings (SSSR count). The number of rotatable bonds is 1. The van der Waals surface area contributed by atoms with Gasteiger partial charge in [-0.1, -0.05) is 29.3 Å². The van der Waals surface area contributed by atoms with Crippen molar-refractivity contribution >= 4 is 41.5 Å². The predicted octanol–water partition coefficient (Wildman–Crippen LogP) is 2.60. The average molecular weight is 283 g/mol. The summed E-state index contributed by atoms with van der Waals surface area (Å²) in [4.78, 5) is 10.9. The smallest absolute Gasteiger partial charge is 0.246 e. The molecular formula is C10H10Cl3NO2. The second-order valence-electron chi connectivity index (χ2n) is 3.28. The lowest BCUT2D eigenvalue weighted by Gasteiger charge is -2.23. The number of carbonyl (C=O) groups is 1. The fourth-order valence-electron chi connectivity index (χ4n) is 1.42. The van der Waals surface area contributed by atoms with Gasteiger partial charge < -0.3 is 10.1 Å². The van der Waals surface area contributed by atoms with Crippen LogP contribution in [0.1, 0.15) is 11.7 Å². The molecule has 3 nitrogen and oxygen atoms in total. The SMILES string of the molecule is Cl.O=C1COC(c2ccc(Cl)c(Cl)c2)CN1. The van der Waals surface area contributed by atoms with E-state index in [4.69, 9.17) is 27.9 Å². The number of benzene rings is 1. The highest BCUT2D eigenvalue weighted by molar-refractivity contribution is 6.42. The Balaban J connectivity index is 0.00000128. The Kier molecular flexibility index (Phi) is 4.87. The quantitative estimate of drug-likeness (QED) is 0.860. The molecule has 0 radical (unpaired) electrons. The van der Waals surface area contributed by atoms with Crippen LogP contribution in [0.5, 0.6) is 0 Å². The number of halogens is 3. The average Bonchev–Trinajstić information content (AvgIpc) is 2.23. The standard InChI is InChI=1S/C10H9Cl2NO2.ClH/c11-7-2-1-6(3-8(7)12)9-4-13-10(14)5-15-9;/h1-3,9H,4-5H2,(H,13,14);1H. The highest BCUT2D eigenvalue weighted by Gasteiger charge is 2.20. The maximum atomic E-state index is 10.9. The first-order chi connectivity index (χ1) is 7.16. The summed E-state index contributed by atoms with van der Waals surface area (Å²) >= 11 is 11.7. The minimum Gasteiger partial charge on any atom is -0.362 e. The molecule has 1 aromatic rings. The lowest BCUT2D eigenvalue weighted by Crippen LogP contribution is -2.38. The van der Waals surface area contributed by atoms with Crippen molar-refractivity contribution in [2.45, 2.75) is 6.10 Å². The van der Waals surface area contributed by atoms with Gasteiger partial charge >= 0.3 is 0 Å². The zero-order valence-electron chi connectivity index (χ0n) is 8.20. The fourth-order valence-corrected chi connectivity index (χ4v) is 1.73. The molecule has 0 saturated carbocycles. The lowest BCUT2D eigenvalue weighted by molar-refractivity contribution is -0.133. The summed E-state index contributed by atoms with van der Waals surface area (Å²) in [6.07, 6.45) is -0.141. The van der Waals surface area contributed by atoms with Crippen LogP contribution in [0.2, 0.25) is 10.0 Å². The minimum absolute atomic E-state index is 0. The molecule has 1 amide bonds. The third-order valence-electron chi connectivity index (χ3n) is 2.22. The monoisotopic (exact) mass is 281 g/mol. The van der Waals surface area contributed by atoms with E-state index >= 15 is 0 Å². The van der Waals surface area contributed by atoms with E-state index in [1.807, 2.05) is 6.07 Å². The molecule has 16 heavy (non-hydrogen) atoms. The Bertz CT molecular complexity index is 388. The van der Waals surface area contributed by atoms with Crippen LogP contribution < -0.4 is 5.32 Å². The number of hydrogen-bond donors (Lipinski definition) is 1. The molecular weight excluding hydrogens is 272 g/mol. The molecule has 0 bridgehead atoms. The third kappa shape index (κ3) is 3.01. The molecule has 0 aromatic heterocycles. The van der Waals surface area contributed by atoms with Gasteiger partial charge in [0, 0.05) is 6.54 Å². The van der Waals surface area contributed by atoms with Crippen molar-refractivity contribution in [2.24, 2.45) is 0 Å². The molecule has 1 aromatic carbocycles. The van der Waals surface area contributed by atoms with E-state index in [1.54, 1.807) is 12.1 Å². The highest BCUT2D eigenvalue weighted by Crippen LogP contribution is 2.27. The van der Waals surface area contributed by atoms with Crippen molar-refractivity contribution in [2.75, 3.05) is 13.2 Å². The molecule has 1 atom stereocenters. The topological polar surface area (TPSA) is 38.3 Å². The molecule has 1 N–H and O–H groups in total. The van der Waals surface area contributed by atoms with Gasteiger partial charge in [0.25, 0.3) is 0 Å². The Morgan fingerprint density at radius 1 is 1.31 bits per heavy atom. The van der Waals surface area contributed by atoms with Crippen molar-refractivity contribution < 1.29 is 9.53 Å². The summed E-state index contributed by atoms with van der Waals surface area (Å²) in [5.41, 5.74) is 0.921. The Labute approximate surface area is 109 Å². The molecule has 1 aliphatic heterocycles. The molecule has 0 spiro atoms. The van der Waals surface area contributed by atoms with Gasteiger partial charge in [0.1, 0.15) is 12.7 Å². The van der Waals surface area contributed by atoms with Crippen LogP contribution in [0.15, 0.2) is 18.2 Å². The second-order valence-corrected chi connectivity index (χ2v) is 4.09. The minimum atomic E-state index is -0.141. The van der Waals surface area contributed by atoms with Crippen molar-refractivity contribution in [3.63, 3.8) is 0 Å². The van der Waals surface area contributed by atoms with E-state index in [0.29, 0.717) is 16.6 Å². The van der Waals surface area contributed by atoms with Gasteiger partial charge in [-0.2, -0.15) is 0 Å². The first kappa shape index (κ1) is 13.6. The van der Waals surface area contributed by atoms with E-state index in [1.165, 1.54) is 0 Å². The lowest BCUT2D eigenvalue weighted by atomic mass is 10.1. The Hall–Kier alpha value is -0.480. The molecule has 1 saturated heterocycles. The van der Waals surface area contributed by atoms with Crippen LogP contribution >= 0.6 is 35.6 Å². The van der Waals surface area contributed by atoms with Crippen LogP contribution in [-0.2, 0) is 9.53 Å². The number of carbonyl (C=O) groups excluding carboxylic acids is 1. The van der Waals surface area contributed by atoms with Crippen LogP contribution in [0, 0.1) is 0 Å². The largest absolute Gasteiger partial charge is 0.362 e. The number of amides is 1. The van der Waals surface area contributed by atoms with Crippen molar-refractivity contribution in [3.8, 4) is 0 Å².